The molecule has 2 N–H and O–H groups in total. The zero-order valence-corrected chi connectivity index (χ0v) is 11.9. The van der Waals surface area contributed by atoms with E-state index in [4.69, 9.17) is 10.5 Å². The Kier molecular flexibility index (Phi) is 3.64. The van der Waals surface area contributed by atoms with Crippen LogP contribution in [-0.2, 0) is 11.2 Å². The van der Waals surface area contributed by atoms with Crippen LogP contribution in [0.15, 0.2) is 48.2 Å². The molecule has 0 heterocycles. The van der Waals surface area contributed by atoms with Crippen LogP contribution in [0.1, 0.15) is 24.8 Å². The molecule has 0 saturated carbocycles. The summed E-state index contributed by atoms with van der Waals surface area (Å²) in [7, 11) is 1.76. The standard InChI is InChI=1S/C18H21NO/c1-20-15-7-4-5-13(11-15)12-17-16-8-3-2-6-14(16)9-10-18(17)19/h2-3,6,8-11,13H,4-5,7,12,19H2,1H3. The van der Waals surface area contributed by atoms with E-state index in [-0.39, 0.29) is 0 Å². The van der Waals surface area contributed by atoms with Crippen molar-refractivity contribution in [3.8, 4) is 0 Å². The molecule has 1 aliphatic carbocycles. The Labute approximate surface area is 120 Å². The SMILES string of the molecule is COC1=CC(Cc2c(N)ccc3ccccc23)CCC1. The largest absolute Gasteiger partial charge is 0.501 e. The number of nitrogen functional groups attached to an aromatic ring is 1. The number of methoxy groups -OCH3 is 1. The third kappa shape index (κ3) is 2.51. The van der Waals surface area contributed by atoms with Gasteiger partial charge in [0.05, 0.1) is 12.9 Å². The number of benzene rings is 2. The van der Waals surface area contributed by atoms with Gasteiger partial charge >= 0.3 is 0 Å². The third-order valence-corrected chi connectivity index (χ3v) is 4.23. The van der Waals surface area contributed by atoms with Crippen LogP contribution in [0.5, 0.6) is 0 Å². The van der Waals surface area contributed by atoms with Crippen molar-refractivity contribution in [1.82, 2.24) is 0 Å². The lowest BCUT2D eigenvalue weighted by atomic mass is 9.87. The van der Waals surface area contributed by atoms with Gasteiger partial charge in [-0.05, 0) is 53.7 Å². The van der Waals surface area contributed by atoms with Gasteiger partial charge in [0.2, 0.25) is 0 Å². The summed E-state index contributed by atoms with van der Waals surface area (Å²) >= 11 is 0. The summed E-state index contributed by atoms with van der Waals surface area (Å²) in [5.74, 6) is 1.66. The van der Waals surface area contributed by atoms with E-state index in [1.165, 1.54) is 29.2 Å². The zero-order chi connectivity index (χ0) is 13.9. The average molecular weight is 267 g/mol. The first kappa shape index (κ1) is 13.0. The first-order chi connectivity index (χ1) is 9.78. The fraction of sp³-hybridized carbons (Fsp3) is 0.333. The number of allylic oxidation sites excluding steroid dienone is 2. The number of anilines is 1. The molecule has 2 nitrogen and oxygen atoms in total. The Morgan fingerprint density at radius 1 is 1.20 bits per heavy atom. The van der Waals surface area contributed by atoms with Gasteiger partial charge in [-0.25, -0.2) is 0 Å². The zero-order valence-electron chi connectivity index (χ0n) is 11.9. The van der Waals surface area contributed by atoms with E-state index in [2.05, 4.69) is 36.4 Å². The average Bonchev–Trinajstić information content (AvgIpc) is 2.50. The molecular weight excluding hydrogens is 246 g/mol. The molecule has 0 bridgehead atoms. The molecule has 3 rings (SSSR count). The maximum absolute atomic E-state index is 6.22. The summed E-state index contributed by atoms with van der Waals surface area (Å²) in [6.07, 6.45) is 6.77. The number of hydrogen-bond acceptors (Lipinski definition) is 2. The monoisotopic (exact) mass is 267 g/mol. The number of nitrogens with two attached hydrogens (primary N) is 1. The number of ether oxygens (including phenoxy) is 1. The summed E-state index contributed by atoms with van der Waals surface area (Å²) in [6, 6.07) is 12.6. The Morgan fingerprint density at radius 3 is 2.90 bits per heavy atom. The molecule has 0 fully saturated rings. The van der Waals surface area contributed by atoms with Crippen LogP contribution in [0.3, 0.4) is 0 Å². The van der Waals surface area contributed by atoms with Crippen molar-refractivity contribution in [2.75, 3.05) is 12.8 Å². The van der Waals surface area contributed by atoms with Crippen molar-refractivity contribution < 1.29 is 4.74 Å². The molecule has 0 aromatic heterocycles. The molecule has 20 heavy (non-hydrogen) atoms. The molecular formula is C18H21NO. The van der Waals surface area contributed by atoms with Gasteiger partial charge in [0, 0.05) is 12.1 Å². The van der Waals surface area contributed by atoms with Crippen molar-refractivity contribution in [1.29, 1.82) is 0 Å². The maximum atomic E-state index is 6.22. The normalized spacial score (nSPS) is 18.9. The maximum Gasteiger partial charge on any atom is 0.0918 e. The van der Waals surface area contributed by atoms with Crippen LogP contribution in [0.4, 0.5) is 5.69 Å². The molecule has 1 aliphatic rings. The second-order valence-electron chi connectivity index (χ2n) is 5.55. The molecule has 2 heteroatoms. The Morgan fingerprint density at radius 2 is 2.05 bits per heavy atom. The Balaban J connectivity index is 1.96. The first-order valence-corrected chi connectivity index (χ1v) is 7.28. The lowest BCUT2D eigenvalue weighted by Crippen LogP contribution is -2.10. The highest BCUT2D eigenvalue weighted by atomic mass is 16.5. The summed E-state index contributed by atoms with van der Waals surface area (Å²) in [4.78, 5) is 0. The highest BCUT2D eigenvalue weighted by Gasteiger charge is 2.17. The summed E-state index contributed by atoms with van der Waals surface area (Å²) in [6.45, 7) is 0. The fourth-order valence-electron chi connectivity index (χ4n) is 3.14. The van der Waals surface area contributed by atoms with Crippen molar-refractivity contribution in [3.05, 3.63) is 53.8 Å². The lowest BCUT2D eigenvalue weighted by Gasteiger charge is -2.21. The predicted octanol–water partition coefficient (Wildman–Crippen LogP) is 4.29. The third-order valence-electron chi connectivity index (χ3n) is 4.23. The van der Waals surface area contributed by atoms with E-state index in [9.17, 15) is 0 Å². The molecule has 0 saturated heterocycles. The van der Waals surface area contributed by atoms with E-state index in [1.54, 1.807) is 7.11 Å². The topological polar surface area (TPSA) is 35.2 Å². The van der Waals surface area contributed by atoms with Gasteiger partial charge in [0.15, 0.2) is 0 Å². The molecule has 0 amide bonds. The quantitative estimate of drug-likeness (QED) is 0.842. The van der Waals surface area contributed by atoms with Gasteiger partial charge in [0.1, 0.15) is 0 Å². The van der Waals surface area contributed by atoms with E-state index in [0.29, 0.717) is 5.92 Å². The van der Waals surface area contributed by atoms with Gasteiger partial charge < -0.3 is 10.5 Å². The summed E-state index contributed by atoms with van der Waals surface area (Å²) in [5, 5.41) is 2.55. The second-order valence-corrected chi connectivity index (χ2v) is 5.55. The minimum Gasteiger partial charge on any atom is -0.501 e. The van der Waals surface area contributed by atoms with E-state index in [1.807, 2.05) is 6.07 Å². The molecule has 1 unspecified atom stereocenters. The highest BCUT2D eigenvalue weighted by Crippen LogP contribution is 2.31. The van der Waals surface area contributed by atoms with Gasteiger partial charge in [-0.2, -0.15) is 0 Å². The van der Waals surface area contributed by atoms with Crippen LogP contribution in [0.25, 0.3) is 10.8 Å². The second kappa shape index (κ2) is 5.58. The predicted molar refractivity (Wildman–Crippen MR) is 84.5 cm³/mol. The van der Waals surface area contributed by atoms with Gasteiger partial charge in [-0.15, -0.1) is 0 Å². The number of fused-ring (bicyclic) bond motifs is 1. The number of hydrogen-bond donors (Lipinski definition) is 1. The Hall–Kier alpha value is -1.96. The fourth-order valence-corrected chi connectivity index (χ4v) is 3.14. The van der Waals surface area contributed by atoms with Crippen LogP contribution in [0.2, 0.25) is 0 Å². The van der Waals surface area contributed by atoms with Crippen molar-refractivity contribution in [2.45, 2.75) is 25.7 Å². The summed E-state index contributed by atoms with van der Waals surface area (Å²) in [5.41, 5.74) is 8.40. The van der Waals surface area contributed by atoms with E-state index >= 15 is 0 Å². The van der Waals surface area contributed by atoms with Crippen molar-refractivity contribution in [2.24, 2.45) is 5.92 Å². The molecule has 1 atom stereocenters. The first-order valence-electron chi connectivity index (χ1n) is 7.28. The van der Waals surface area contributed by atoms with Gasteiger partial charge in [-0.3, -0.25) is 0 Å². The van der Waals surface area contributed by atoms with Crippen LogP contribution >= 0.6 is 0 Å². The smallest absolute Gasteiger partial charge is 0.0918 e. The molecule has 0 radical (unpaired) electrons. The lowest BCUT2D eigenvalue weighted by molar-refractivity contribution is 0.257. The van der Waals surface area contributed by atoms with Crippen LogP contribution in [0, 0.1) is 5.92 Å². The van der Waals surface area contributed by atoms with Crippen molar-refractivity contribution >= 4 is 16.5 Å². The van der Waals surface area contributed by atoms with E-state index in [0.717, 1.165) is 24.3 Å². The minimum atomic E-state index is 0.534. The van der Waals surface area contributed by atoms with Crippen molar-refractivity contribution in [3.63, 3.8) is 0 Å². The highest BCUT2D eigenvalue weighted by molar-refractivity contribution is 5.89. The van der Waals surface area contributed by atoms with Gasteiger partial charge in [-0.1, -0.05) is 30.3 Å². The molecule has 104 valence electrons. The molecule has 2 aromatic rings. The van der Waals surface area contributed by atoms with E-state index < -0.39 is 0 Å². The minimum absolute atomic E-state index is 0.534. The van der Waals surface area contributed by atoms with Crippen LogP contribution in [-0.4, -0.2) is 7.11 Å². The number of rotatable bonds is 3. The van der Waals surface area contributed by atoms with Crippen LogP contribution < -0.4 is 5.73 Å². The van der Waals surface area contributed by atoms with Gasteiger partial charge in [0.25, 0.3) is 0 Å². The molecule has 2 aromatic carbocycles. The molecule has 0 aliphatic heterocycles. The summed E-state index contributed by atoms with van der Waals surface area (Å²) < 4.78 is 5.41. The Bertz CT molecular complexity index is 645. The molecule has 0 spiro atoms.